The summed E-state index contributed by atoms with van der Waals surface area (Å²) in [5.74, 6) is -2.06. The molecule has 0 saturated carbocycles. The average Bonchev–Trinajstić information content (AvgIpc) is 2.49. The number of anilines is 2. The average molecular weight is 387 g/mol. The first-order chi connectivity index (χ1) is 10.8. The molecule has 0 fully saturated rings. The number of para-hydroxylation sites is 1. The minimum absolute atomic E-state index is 0.118. The summed E-state index contributed by atoms with van der Waals surface area (Å²) >= 11 is 3.20. The second-order valence-corrected chi connectivity index (χ2v) is 5.32. The van der Waals surface area contributed by atoms with Gasteiger partial charge < -0.3 is 10.6 Å². The Morgan fingerprint density at radius 1 is 0.913 bits per heavy atom. The van der Waals surface area contributed by atoms with E-state index in [1.165, 1.54) is 6.07 Å². The predicted molar refractivity (Wildman–Crippen MR) is 82.8 cm³/mol. The van der Waals surface area contributed by atoms with E-state index in [0.717, 1.165) is 18.2 Å². The van der Waals surface area contributed by atoms with Crippen LogP contribution in [0.4, 0.5) is 24.5 Å². The van der Waals surface area contributed by atoms with E-state index < -0.39 is 23.6 Å². The summed E-state index contributed by atoms with van der Waals surface area (Å²) in [4.78, 5) is 23.6. The monoisotopic (exact) mass is 386 g/mol. The molecule has 2 amide bonds. The summed E-state index contributed by atoms with van der Waals surface area (Å²) in [7, 11) is 0. The van der Waals surface area contributed by atoms with E-state index >= 15 is 0 Å². The van der Waals surface area contributed by atoms with E-state index in [-0.39, 0.29) is 5.69 Å². The lowest BCUT2D eigenvalue weighted by atomic mass is 10.2. The van der Waals surface area contributed by atoms with Crippen molar-refractivity contribution in [2.45, 2.75) is 6.18 Å². The molecular formula is C15H10BrF3N2O2. The van der Waals surface area contributed by atoms with Gasteiger partial charge >= 0.3 is 18.0 Å². The summed E-state index contributed by atoms with van der Waals surface area (Å²) in [5.41, 5.74) is -0.662. The van der Waals surface area contributed by atoms with E-state index in [0.29, 0.717) is 10.2 Å². The number of carbonyl (C=O) groups excluding carboxylic acids is 2. The van der Waals surface area contributed by atoms with Crippen LogP contribution in [0.25, 0.3) is 0 Å². The Morgan fingerprint density at radius 2 is 1.57 bits per heavy atom. The van der Waals surface area contributed by atoms with E-state index in [1.807, 2.05) is 0 Å². The van der Waals surface area contributed by atoms with Crippen molar-refractivity contribution in [3.05, 3.63) is 58.6 Å². The summed E-state index contributed by atoms with van der Waals surface area (Å²) in [5, 5.41) is 4.48. The Labute approximate surface area is 137 Å². The fraction of sp³-hybridized carbons (Fsp3) is 0.0667. The number of benzene rings is 2. The molecule has 0 aliphatic heterocycles. The molecule has 120 valence electrons. The van der Waals surface area contributed by atoms with Gasteiger partial charge in [0.25, 0.3) is 0 Å². The van der Waals surface area contributed by atoms with Crippen molar-refractivity contribution in [1.29, 1.82) is 0 Å². The lowest BCUT2D eigenvalue weighted by Gasteiger charge is -2.10. The van der Waals surface area contributed by atoms with Crippen LogP contribution in [-0.2, 0) is 15.8 Å². The Kier molecular flexibility index (Phi) is 5.05. The zero-order valence-corrected chi connectivity index (χ0v) is 13.0. The fourth-order valence-corrected chi connectivity index (χ4v) is 2.09. The van der Waals surface area contributed by atoms with E-state index in [9.17, 15) is 22.8 Å². The summed E-state index contributed by atoms with van der Waals surface area (Å²) in [6, 6.07) is 10.6. The van der Waals surface area contributed by atoms with Crippen LogP contribution in [0.2, 0.25) is 0 Å². The third kappa shape index (κ3) is 4.56. The first-order valence-corrected chi connectivity index (χ1v) is 7.11. The maximum atomic E-state index is 12.6. The SMILES string of the molecule is O=C(Nc1cccc(C(F)(F)F)c1)C(=O)Nc1ccccc1Br. The van der Waals surface area contributed by atoms with Crippen molar-refractivity contribution < 1.29 is 22.8 Å². The van der Waals surface area contributed by atoms with Crippen molar-refractivity contribution in [2.75, 3.05) is 10.6 Å². The smallest absolute Gasteiger partial charge is 0.318 e. The number of rotatable bonds is 2. The molecule has 8 heteroatoms. The number of nitrogens with one attached hydrogen (secondary N) is 2. The molecule has 0 aromatic heterocycles. The van der Waals surface area contributed by atoms with Gasteiger partial charge in [-0.25, -0.2) is 0 Å². The second kappa shape index (κ2) is 6.82. The van der Waals surface area contributed by atoms with Gasteiger partial charge in [0.15, 0.2) is 0 Å². The first kappa shape index (κ1) is 17.0. The summed E-state index contributed by atoms with van der Waals surface area (Å²) < 4.78 is 38.4. The van der Waals surface area contributed by atoms with Crippen LogP contribution < -0.4 is 10.6 Å². The highest BCUT2D eigenvalue weighted by Crippen LogP contribution is 2.30. The molecule has 0 aliphatic carbocycles. The maximum Gasteiger partial charge on any atom is 0.416 e. The molecule has 23 heavy (non-hydrogen) atoms. The zero-order chi connectivity index (χ0) is 17.0. The molecule has 0 aliphatic rings. The number of alkyl halides is 3. The number of hydrogen-bond donors (Lipinski definition) is 2. The van der Waals surface area contributed by atoms with Crippen LogP contribution in [-0.4, -0.2) is 11.8 Å². The molecule has 2 N–H and O–H groups in total. The van der Waals surface area contributed by atoms with E-state index in [4.69, 9.17) is 0 Å². The highest BCUT2D eigenvalue weighted by atomic mass is 79.9. The Hall–Kier alpha value is -2.35. The van der Waals surface area contributed by atoms with Crippen LogP contribution in [0.5, 0.6) is 0 Å². The van der Waals surface area contributed by atoms with Crippen molar-refractivity contribution >= 4 is 39.1 Å². The van der Waals surface area contributed by atoms with Gasteiger partial charge in [-0.1, -0.05) is 18.2 Å². The molecule has 0 radical (unpaired) electrons. The predicted octanol–water partition coefficient (Wildman–Crippen LogP) is 4.05. The molecule has 0 unspecified atom stereocenters. The number of carbonyl (C=O) groups is 2. The molecule has 2 rings (SSSR count). The first-order valence-electron chi connectivity index (χ1n) is 6.31. The van der Waals surface area contributed by atoms with E-state index in [2.05, 4.69) is 26.6 Å². The fourth-order valence-electron chi connectivity index (χ4n) is 1.70. The molecule has 4 nitrogen and oxygen atoms in total. The molecule has 2 aromatic carbocycles. The van der Waals surface area contributed by atoms with Gasteiger partial charge in [0.2, 0.25) is 0 Å². The quantitative estimate of drug-likeness (QED) is 0.765. The van der Waals surface area contributed by atoms with Gasteiger partial charge in [0, 0.05) is 10.2 Å². The minimum atomic E-state index is -4.53. The highest BCUT2D eigenvalue weighted by molar-refractivity contribution is 9.10. The van der Waals surface area contributed by atoms with Crippen molar-refractivity contribution in [3.8, 4) is 0 Å². The van der Waals surface area contributed by atoms with Gasteiger partial charge in [-0.15, -0.1) is 0 Å². The normalized spacial score (nSPS) is 11.0. The van der Waals surface area contributed by atoms with Crippen LogP contribution in [0, 0.1) is 0 Å². The molecule has 0 bridgehead atoms. The molecular weight excluding hydrogens is 377 g/mol. The van der Waals surface area contributed by atoms with Crippen LogP contribution in [0.15, 0.2) is 53.0 Å². The topological polar surface area (TPSA) is 58.2 Å². The van der Waals surface area contributed by atoms with Crippen LogP contribution in [0.1, 0.15) is 5.56 Å². The highest BCUT2D eigenvalue weighted by Gasteiger charge is 2.30. The summed E-state index contributed by atoms with van der Waals surface area (Å²) in [6.07, 6.45) is -4.53. The number of amides is 2. The third-order valence-corrected chi connectivity index (χ3v) is 3.47. The van der Waals surface area contributed by atoms with Gasteiger partial charge in [-0.2, -0.15) is 13.2 Å². The molecule has 0 heterocycles. The lowest BCUT2D eigenvalue weighted by Crippen LogP contribution is -2.29. The van der Waals surface area contributed by atoms with Crippen molar-refractivity contribution in [3.63, 3.8) is 0 Å². The lowest BCUT2D eigenvalue weighted by molar-refractivity contribution is -0.137. The minimum Gasteiger partial charge on any atom is -0.318 e. The number of halogens is 4. The van der Waals surface area contributed by atoms with Crippen molar-refractivity contribution in [2.24, 2.45) is 0 Å². The molecule has 0 atom stereocenters. The van der Waals surface area contributed by atoms with Gasteiger partial charge in [-0.05, 0) is 46.3 Å². The van der Waals surface area contributed by atoms with Crippen molar-refractivity contribution in [1.82, 2.24) is 0 Å². The number of hydrogen-bond acceptors (Lipinski definition) is 2. The Morgan fingerprint density at radius 3 is 2.22 bits per heavy atom. The standard InChI is InChI=1S/C15H10BrF3N2O2/c16-11-6-1-2-7-12(11)21-14(23)13(22)20-10-5-3-4-9(8-10)15(17,18)19/h1-8H,(H,20,22)(H,21,23). The molecule has 0 spiro atoms. The van der Waals surface area contributed by atoms with Gasteiger partial charge in [-0.3, -0.25) is 9.59 Å². The van der Waals surface area contributed by atoms with Gasteiger partial charge in [0.1, 0.15) is 0 Å². The molecule has 2 aromatic rings. The summed E-state index contributed by atoms with van der Waals surface area (Å²) in [6.45, 7) is 0. The Balaban J connectivity index is 2.07. The second-order valence-electron chi connectivity index (χ2n) is 4.47. The van der Waals surface area contributed by atoms with Gasteiger partial charge in [0.05, 0.1) is 11.3 Å². The molecule has 0 saturated heterocycles. The Bertz CT molecular complexity index is 747. The largest absolute Gasteiger partial charge is 0.416 e. The van der Waals surface area contributed by atoms with Crippen LogP contribution in [0.3, 0.4) is 0 Å². The van der Waals surface area contributed by atoms with E-state index in [1.54, 1.807) is 24.3 Å². The van der Waals surface area contributed by atoms with Crippen LogP contribution >= 0.6 is 15.9 Å². The maximum absolute atomic E-state index is 12.6. The zero-order valence-electron chi connectivity index (χ0n) is 11.4. The third-order valence-electron chi connectivity index (χ3n) is 2.78.